The van der Waals surface area contributed by atoms with E-state index in [0.717, 1.165) is 19.5 Å². The van der Waals surface area contributed by atoms with Crippen LogP contribution in [-0.4, -0.2) is 40.5 Å². The fourth-order valence-corrected chi connectivity index (χ4v) is 2.79. The number of anilines is 1. The fourth-order valence-electron chi connectivity index (χ4n) is 2.79. The number of nitrogens with zero attached hydrogens (tertiary/aromatic N) is 3. The standard InChI is InChI=1S/C15H24N4O2/c1-12-11-17-15(10-14(12)19(20)21)16-7-5-9-18-8-4-3-6-13(18)2/h10-11,13H,3-9H2,1-2H3,(H,16,17). The lowest BCUT2D eigenvalue weighted by Crippen LogP contribution is -2.38. The third kappa shape index (κ3) is 4.39. The number of aryl methyl sites for hydroxylation is 1. The van der Waals surface area contributed by atoms with Crippen LogP contribution in [0.25, 0.3) is 0 Å². The van der Waals surface area contributed by atoms with E-state index in [-0.39, 0.29) is 10.6 Å². The fraction of sp³-hybridized carbons (Fsp3) is 0.667. The summed E-state index contributed by atoms with van der Waals surface area (Å²) in [5.74, 6) is 0.582. The van der Waals surface area contributed by atoms with Gasteiger partial charge in [0.05, 0.1) is 11.0 Å². The van der Waals surface area contributed by atoms with E-state index in [1.807, 2.05) is 0 Å². The summed E-state index contributed by atoms with van der Waals surface area (Å²) in [6.07, 6.45) is 6.50. The zero-order chi connectivity index (χ0) is 15.2. The molecular formula is C15H24N4O2. The lowest BCUT2D eigenvalue weighted by Gasteiger charge is -2.33. The van der Waals surface area contributed by atoms with Crippen LogP contribution in [0.3, 0.4) is 0 Å². The van der Waals surface area contributed by atoms with Crippen LogP contribution in [0.2, 0.25) is 0 Å². The van der Waals surface area contributed by atoms with E-state index in [4.69, 9.17) is 0 Å². The average Bonchev–Trinajstić information content (AvgIpc) is 2.46. The summed E-state index contributed by atoms with van der Waals surface area (Å²) in [6.45, 7) is 7.04. The largest absolute Gasteiger partial charge is 0.370 e. The maximum Gasteiger partial charge on any atom is 0.277 e. The number of hydrogen-bond donors (Lipinski definition) is 1. The van der Waals surface area contributed by atoms with E-state index in [1.165, 1.54) is 31.9 Å². The van der Waals surface area contributed by atoms with Gasteiger partial charge in [0, 0.05) is 30.9 Å². The number of likely N-dealkylation sites (tertiary alicyclic amines) is 1. The van der Waals surface area contributed by atoms with E-state index in [0.29, 0.717) is 17.4 Å². The maximum atomic E-state index is 10.9. The molecule has 0 amide bonds. The van der Waals surface area contributed by atoms with E-state index in [1.54, 1.807) is 13.1 Å². The molecule has 0 radical (unpaired) electrons. The summed E-state index contributed by atoms with van der Waals surface area (Å²) in [7, 11) is 0. The Morgan fingerprint density at radius 2 is 2.33 bits per heavy atom. The van der Waals surface area contributed by atoms with Gasteiger partial charge in [-0.1, -0.05) is 6.42 Å². The Hall–Kier alpha value is -1.69. The number of nitro groups is 1. The van der Waals surface area contributed by atoms with Crippen molar-refractivity contribution in [1.82, 2.24) is 9.88 Å². The molecule has 6 nitrogen and oxygen atoms in total. The van der Waals surface area contributed by atoms with Crippen molar-refractivity contribution in [3.63, 3.8) is 0 Å². The monoisotopic (exact) mass is 292 g/mol. The molecule has 1 unspecified atom stereocenters. The minimum atomic E-state index is -0.363. The van der Waals surface area contributed by atoms with E-state index < -0.39 is 0 Å². The van der Waals surface area contributed by atoms with E-state index >= 15 is 0 Å². The van der Waals surface area contributed by atoms with Gasteiger partial charge >= 0.3 is 0 Å². The molecular weight excluding hydrogens is 268 g/mol. The summed E-state index contributed by atoms with van der Waals surface area (Å²) >= 11 is 0. The third-order valence-corrected chi connectivity index (χ3v) is 4.14. The van der Waals surface area contributed by atoms with Gasteiger partial charge in [-0.15, -0.1) is 0 Å². The second-order valence-corrected chi connectivity index (χ2v) is 5.77. The summed E-state index contributed by atoms with van der Waals surface area (Å²) < 4.78 is 0. The minimum Gasteiger partial charge on any atom is -0.370 e. The quantitative estimate of drug-likeness (QED) is 0.496. The van der Waals surface area contributed by atoms with Crippen LogP contribution in [0, 0.1) is 17.0 Å². The molecule has 1 aromatic heterocycles. The highest BCUT2D eigenvalue weighted by Gasteiger charge is 2.17. The SMILES string of the molecule is Cc1cnc(NCCCN2CCCCC2C)cc1[N+](=O)[O-]. The molecule has 1 fully saturated rings. The van der Waals surface area contributed by atoms with Crippen molar-refractivity contribution in [2.75, 3.05) is 25.0 Å². The number of nitrogens with one attached hydrogen (secondary N) is 1. The second kappa shape index (κ2) is 7.36. The van der Waals surface area contributed by atoms with Gasteiger partial charge in [-0.25, -0.2) is 4.98 Å². The molecule has 21 heavy (non-hydrogen) atoms. The molecule has 1 atom stereocenters. The average molecular weight is 292 g/mol. The first kappa shape index (κ1) is 15.7. The molecule has 0 saturated carbocycles. The highest BCUT2D eigenvalue weighted by Crippen LogP contribution is 2.20. The Bertz CT molecular complexity index is 493. The molecule has 1 N–H and O–H groups in total. The minimum absolute atomic E-state index is 0.122. The second-order valence-electron chi connectivity index (χ2n) is 5.77. The summed E-state index contributed by atoms with van der Waals surface area (Å²) in [5.41, 5.74) is 0.713. The summed E-state index contributed by atoms with van der Waals surface area (Å²) in [4.78, 5) is 17.2. The normalized spacial score (nSPS) is 19.4. The number of rotatable bonds is 6. The van der Waals surface area contributed by atoms with Crippen molar-refractivity contribution in [3.8, 4) is 0 Å². The van der Waals surface area contributed by atoms with Crippen LogP contribution >= 0.6 is 0 Å². The zero-order valence-electron chi connectivity index (χ0n) is 12.8. The Balaban J connectivity index is 1.78. The molecule has 6 heteroatoms. The van der Waals surface area contributed by atoms with E-state index in [9.17, 15) is 10.1 Å². The molecule has 1 aliphatic rings. The molecule has 0 bridgehead atoms. The molecule has 1 saturated heterocycles. The summed E-state index contributed by atoms with van der Waals surface area (Å²) in [6, 6.07) is 2.19. The van der Waals surface area contributed by atoms with Crippen molar-refractivity contribution in [2.24, 2.45) is 0 Å². The van der Waals surface area contributed by atoms with Crippen molar-refractivity contribution in [2.45, 2.75) is 45.6 Å². The molecule has 116 valence electrons. The van der Waals surface area contributed by atoms with Crippen molar-refractivity contribution in [3.05, 3.63) is 27.9 Å². The Morgan fingerprint density at radius 1 is 1.52 bits per heavy atom. The smallest absolute Gasteiger partial charge is 0.277 e. The van der Waals surface area contributed by atoms with Crippen LogP contribution in [0.4, 0.5) is 11.5 Å². The van der Waals surface area contributed by atoms with Crippen molar-refractivity contribution >= 4 is 11.5 Å². The molecule has 0 aliphatic carbocycles. The van der Waals surface area contributed by atoms with Crippen LogP contribution in [0.15, 0.2) is 12.3 Å². The van der Waals surface area contributed by atoms with Gasteiger partial charge in [0.2, 0.25) is 0 Å². The van der Waals surface area contributed by atoms with Crippen LogP contribution in [-0.2, 0) is 0 Å². The Kier molecular flexibility index (Phi) is 5.50. The first-order valence-corrected chi connectivity index (χ1v) is 7.67. The van der Waals surface area contributed by atoms with Gasteiger partial charge in [0.25, 0.3) is 5.69 Å². The van der Waals surface area contributed by atoms with Gasteiger partial charge in [-0.2, -0.15) is 0 Å². The number of piperidine rings is 1. The highest BCUT2D eigenvalue weighted by atomic mass is 16.6. The number of pyridine rings is 1. The molecule has 2 rings (SSSR count). The molecule has 1 aromatic rings. The molecule has 0 spiro atoms. The van der Waals surface area contributed by atoms with Gasteiger partial charge < -0.3 is 10.2 Å². The topological polar surface area (TPSA) is 71.3 Å². The first-order valence-electron chi connectivity index (χ1n) is 7.67. The lowest BCUT2D eigenvalue weighted by molar-refractivity contribution is -0.385. The maximum absolute atomic E-state index is 10.9. The number of aromatic nitrogens is 1. The van der Waals surface area contributed by atoms with Crippen molar-refractivity contribution in [1.29, 1.82) is 0 Å². The van der Waals surface area contributed by atoms with Gasteiger partial charge in [-0.05, 0) is 39.7 Å². The zero-order valence-corrected chi connectivity index (χ0v) is 12.8. The number of hydrogen-bond acceptors (Lipinski definition) is 5. The van der Waals surface area contributed by atoms with E-state index in [2.05, 4.69) is 22.1 Å². The molecule has 0 aromatic carbocycles. The van der Waals surface area contributed by atoms with Crippen LogP contribution in [0.5, 0.6) is 0 Å². The van der Waals surface area contributed by atoms with Gasteiger partial charge in [0.1, 0.15) is 5.82 Å². The van der Waals surface area contributed by atoms with Gasteiger partial charge in [-0.3, -0.25) is 10.1 Å². The first-order chi connectivity index (χ1) is 10.1. The van der Waals surface area contributed by atoms with Crippen LogP contribution in [0.1, 0.15) is 38.2 Å². The highest BCUT2D eigenvalue weighted by molar-refractivity contribution is 5.48. The predicted octanol–water partition coefficient (Wildman–Crippen LogP) is 2.97. The molecule has 2 heterocycles. The van der Waals surface area contributed by atoms with Gasteiger partial charge in [0.15, 0.2) is 0 Å². The predicted molar refractivity (Wildman–Crippen MR) is 83.6 cm³/mol. The molecule has 1 aliphatic heterocycles. The van der Waals surface area contributed by atoms with Crippen molar-refractivity contribution < 1.29 is 4.92 Å². The summed E-state index contributed by atoms with van der Waals surface area (Å²) in [5, 5.41) is 14.1. The Labute approximate surface area is 125 Å². The third-order valence-electron chi connectivity index (χ3n) is 4.14. The lowest BCUT2D eigenvalue weighted by atomic mass is 10.0. The Morgan fingerprint density at radius 3 is 3.05 bits per heavy atom. The van der Waals surface area contributed by atoms with Crippen LogP contribution < -0.4 is 5.32 Å².